The van der Waals surface area contributed by atoms with Crippen LogP contribution in [0, 0.1) is 12.7 Å². The van der Waals surface area contributed by atoms with Crippen molar-refractivity contribution in [3.8, 4) is 5.75 Å². The van der Waals surface area contributed by atoms with Crippen molar-refractivity contribution >= 4 is 39.1 Å². The van der Waals surface area contributed by atoms with Crippen LogP contribution in [-0.2, 0) is 11.3 Å². The topological polar surface area (TPSA) is 61.8 Å². The molecule has 0 radical (unpaired) electrons. The van der Waals surface area contributed by atoms with E-state index < -0.39 is 0 Å². The fourth-order valence-corrected chi connectivity index (χ4v) is 3.15. The van der Waals surface area contributed by atoms with Crippen molar-refractivity contribution < 1.29 is 19.0 Å². The molecule has 2 N–H and O–H groups in total. The highest BCUT2D eigenvalue weighted by atomic mass is 79.9. The zero-order valence-corrected chi connectivity index (χ0v) is 17.4. The Bertz CT molecular complexity index is 820. The van der Waals surface area contributed by atoms with Crippen LogP contribution >= 0.6 is 27.5 Å². The van der Waals surface area contributed by atoms with Gasteiger partial charge >= 0.3 is 0 Å². The largest absolute Gasteiger partial charge is 0.495 e. The third-order valence-corrected chi connectivity index (χ3v) is 4.84. The second-order valence-corrected chi connectivity index (χ2v) is 7.34. The maximum atomic E-state index is 14.0. The fourth-order valence-electron chi connectivity index (χ4n) is 2.58. The van der Waals surface area contributed by atoms with E-state index in [-0.39, 0.29) is 38.0 Å². The number of halogens is 3. The number of benzene rings is 2. The number of nitrogens with one attached hydrogen (secondary N) is 1. The molecule has 2 rings (SSSR count). The SMILES string of the molecule is COc1cc(Cl)c(C)cc1NC(=O)CN(CCO)Cc1cc(Br)ccc1F. The van der Waals surface area contributed by atoms with E-state index in [1.54, 1.807) is 29.2 Å². The maximum absolute atomic E-state index is 14.0. The molecule has 27 heavy (non-hydrogen) atoms. The van der Waals surface area contributed by atoms with E-state index in [1.807, 2.05) is 6.92 Å². The number of carbonyl (C=O) groups excluding carboxylic acids is 1. The van der Waals surface area contributed by atoms with Gasteiger partial charge in [0.05, 0.1) is 25.9 Å². The predicted molar refractivity (Wildman–Crippen MR) is 108 cm³/mol. The molecule has 0 aliphatic carbocycles. The van der Waals surface area contributed by atoms with Crippen LogP contribution in [-0.4, -0.2) is 42.7 Å². The molecular formula is C19H21BrClFN2O3. The lowest BCUT2D eigenvalue weighted by molar-refractivity contribution is -0.117. The van der Waals surface area contributed by atoms with E-state index >= 15 is 0 Å². The number of methoxy groups -OCH3 is 1. The summed E-state index contributed by atoms with van der Waals surface area (Å²) in [6.45, 7) is 2.08. The van der Waals surface area contributed by atoms with E-state index in [1.165, 1.54) is 13.2 Å². The van der Waals surface area contributed by atoms with Crippen molar-refractivity contribution in [2.45, 2.75) is 13.5 Å². The summed E-state index contributed by atoms with van der Waals surface area (Å²) in [6.07, 6.45) is 0. The molecule has 0 saturated carbocycles. The van der Waals surface area contributed by atoms with Crippen molar-refractivity contribution in [2.75, 3.05) is 32.1 Å². The number of carbonyl (C=O) groups is 1. The Hall–Kier alpha value is -1.67. The Morgan fingerprint density at radius 2 is 2.11 bits per heavy atom. The summed E-state index contributed by atoms with van der Waals surface area (Å²) in [4.78, 5) is 14.1. The third-order valence-electron chi connectivity index (χ3n) is 3.94. The van der Waals surface area contributed by atoms with Crippen molar-refractivity contribution in [1.29, 1.82) is 0 Å². The molecule has 2 aromatic carbocycles. The normalized spacial score (nSPS) is 10.9. The molecule has 2 aromatic rings. The number of amides is 1. The van der Waals surface area contributed by atoms with E-state index in [2.05, 4.69) is 21.2 Å². The van der Waals surface area contributed by atoms with Crippen LogP contribution in [0.5, 0.6) is 5.75 Å². The monoisotopic (exact) mass is 458 g/mol. The highest BCUT2D eigenvalue weighted by Crippen LogP contribution is 2.31. The highest BCUT2D eigenvalue weighted by Gasteiger charge is 2.16. The molecule has 146 valence electrons. The minimum atomic E-state index is -0.364. The summed E-state index contributed by atoms with van der Waals surface area (Å²) >= 11 is 9.39. The molecule has 0 unspecified atom stereocenters. The van der Waals surface area contributed by atoms with Gasteiger partial charge < -0.3 is 15.2 Å². The summed E-state index contributed by atoms with van der Waals surface area (Å²) < 4.78 is 20.0. The van der Waals surface area contributed by atoms with Crippen LogP contribution < -0.4 is 10.1 Å². The number of nitrogens with zero attached hydrogens (tertiary/aromatic N) is 1. The maximum Gasteiger partial charge on any atom is 0.238 e. The van der Waals surface area contributed by atoms with Crippen LogP contribution in [0.4, 0.5) is 10.1 Å². The Morgan fingerprint density at radius 1 is 1.37 bits per heavy atom. The van der Waals surface area contributed by atoms with Crippen LogP contribution in [0.1, 0.15) is 11.1 Å². The molecule has 0 fully saturated rings. The number of ether oxygens (including phenoxy) is 1. The van der Waals surface area contributed by atoms with Gasteiger partial charge in [-0.15, -0.1) is 0 Å². The first-order valence-corrected chi connectivity index (χ1v) is 9.42. The third kappa shape index (κ3) is 6.17. The first-order valence-electron chi connectivity index (χ1n) is 8.25. The van der Waals surface area contributed by atoms with Crippen molar-refractivity contribution in [3.05, 3.63) is 56.8 Å². The number of anilines is 1. The van der Waals surface area contributed by atoms with Gasteiger partial charge in [-0.1, -0.05) is 27.5 Å². The second kappa shape index (κ2) is 10.0. The van der Waals surface area contributed by atoms with Gasteiger partial charge in [-0.05, 0) is 36.8 Å². The minimum Gasteiger partial charge on any atom is -0.495 e. The Morgan fingerprint density at radius 3 is 2.78 bits per heavy atom. The summed E-state index contributed by atoms with van der Waals surface area (Å²) in [5, 5.41) is 12.6. The van der Waals surface area contributed by atoms with Crippen LogP contribution in [0.2, 0.25) is 5.02 Å². The predicted octanol–water partition coefficient (Wildman–Crippen LogP) is 3.99. The zero-order valence-electron chi connectivity index (χ0n) is 15.1. The van der Waals surface area contributed by atoms with Crippen molar-refractivity contribution in [1.82, 2.24) is 4.90 Å². The standard InChI is InChI=1S/C19H21BrClFN2O3/c1-12-7-17(18(27-2)9-15(12)21)23-19(26)11-24(5-6-25)10-13-8-14(20)3-4-16(13)22/h3-4,7-9,25H,5-6,10-11H2,1-2H3,(H,23,26). The lowest BCUT2D eigenvalue weighted by Gasteiger charge is -2.22. The van der Waals surface area contributed by atoms with Gasteiger partial charge in [0.25, 0.3) is 0 Å². The summed E-state index contributed by atoms with van der Waals surface area (Å²) in [7, 11) is 1.49. The van der Waals surface area contributed by atoms with Crippen LogP contribution in [0.15, 0.2) is 34.8 Å². The molecule has 0 aliphatic heterocycles. The second-order valence-electron chi connectivity index (χ2n) is 6.02. The fraction of sp³-hybridized carbons (Fsp3) is 0.316. The lowest BCUT2D eigenvalue weighted by atomic mass is 10.2. The van der Waals surface area contributed by atoms with Gasteiger partial charge in [0.15, 0.2) is 0 Å². The minimum absolute atomic E-state index is 0.0165. The molecular weight excluding hydrogens is 439 g/mol. The lowest BCUT2D eigenvalue weighted by Crippen LogP contribution is -2.35. The molecule has 0 bridgehead atoms. The Kier molecular flexibility index (Phi) is 8.04. The molecule has 0 aromatic heterocycles. The van der Waals surface area contributed by atoms with E-state index in [9.17, 15) is 14.3 Å². The van der Waals surface area contributed by atoms with E-state index in [4.69, 9.17) is 16.3 Å². The molecule has 0 aliphatic rings. The quantitative estimate of drug-likeness (QED) is 0.627. The number of rotatable bonds is 8. The van der Waals surface area contributed by atoms with Crippen LogP contribution in [0.3, 0.4) is 0 Å². The Balaban J connectivity index is 2.11. The number of hydrogen-bond acceptors (Lipinski definition) is 4. The van der Waals surface area contributed by atoms with Gasteiger partial charge in [0.1, 0.15) is 11.6 Å². The molecule has 0 heterocycles. The smallest absolute Gasteiger partial charge is 0.238 e. The van der Waals surface area contributed by atoms with Crippen molar-refractivity contribution in [3.63, 3.8) is 0 Å². The van der Waals surface area contributed by atoms with E-state index in [0.29, 0.717) is 22.0 Å². The van der Waals surface area contributed by atoms with Gasteiger partial charge in [0, 0.05) is 34.2 Å². The van der Waals surface area contributed by atoms with E-state index in [0.717, 1.165) is 10.0 Å². The summed E-state index contributed by atoms with van der Waals surface area (Å²) in [6, 6.07) is 7.98. The van der Waals surface area contributed by atoms with Gasteiger partial charge in [-0.25, -0.2) is 4.39 Å². The molecule has 0 atom stereocenters. The number of hydrogen-bond donors (Lipinski definition) is 2. The number of aryl methyl sites for hydroxylation is 1. The molecule has 1 amide bonds. The van der Waals surface area contributed by atoms with Gasteiger partial charge in [0.2, 0.25) is 5.91 Å². The summed E-state index contributed by atoms with van der Waals surface area (Å²) in [5.41, 5.74) is 1.74. The molecule has 0 saturated heterocycles. The van der Waals surface area contributed by atoms with Gasteiger partial charge in [-0.2, -0.15) is 0 Å². The molecule has 5 nitrogen and oxygen atoms in total. The summed E-state index contributed by atoms with van der Waals surface area (Å²) in [5.74, 6) is -0.221. The van der Waals surface area contributed by atoms with Crippen LogP contribution in [0.25, 0.3) is 0 Å². The Labute approximate surface area is 171 Å². The molecule has 0 spiro atoms. The average molecular weight is 460 g/mol. The first kappa shape index (κ1) is 21.6. The highest BCUT2D eigenvalue weighted by molar-refractivity contribution is 9.10. The van der Waals surface area contributed by atoms with Gasteiger partial charge in [-0.3, -0.25) is 9.69 Å². The number of aliphatic hydroxyl groups excluding tert-OH is 1. The number of aliphatic hydroxyl groups is 1. The zero-order chi connectivity index (χ0) is 20.0. The van der Waals surface area contributed by atoms with Crippen molar-refractivity contribution in [2.24, 2.45) is 0 Å². The molecule has 8 heteroatoms. The first-order chi connectivity index (χ1) is 12.8. The average Bonchev–Trinajstić information content (AvgIpc) is 2.61.